The van der Waals surface area contributed by atoms with Crippen molar-refractivity contribution in [2.45, 2.75) is 50.9 Å². The van der Waals surface area contributed by atoms with Crippen molar-refractivity contribution in [1.29, 1.82) is 0 Å². The number of thiocarbonyl (C=S) groups is 1. The number of carboxylic acid groups (broad SMARTS) is 1. The Hall–Kier alpha value is -1.67. The number of allylic oxidation sites excluding steroid dienone is 2. The molecule has 29 heavy (non-hydrogen) atoms. The summed E-state index contributed by atoms with van der Waals surface area (Å²) in [5, 5.41) is 33.1. The average molecular weight is 442 g/mol. The van der Waals surface area contributed by atoms with E-state index in [1.807, 2.05) is 30.4 Å². The van der Waals surface area contributed by atoms with Crippen LogP contribution in [0.15, 0.2) is 36.4 Å². The highest BCUT2D eigenvalue weighted by Gasteiger charge is 2.41. The molecule has 2 rings (SSSR count). The number of aliphatic carboxylic acids is 1. The molecule has 1 saturated carbocycles. The van der Waals surface area contributed by atoms with Gasteiger partial charge in [0.25, 0.3) is 5.17 Å². The van der Waals surface area contributed by atoms with Crippen LogP contribution in [0.5, 0.6) is 0 Å². The van der Waals surface area contributed by atoms with Crippen LogP contribution in [0.3, 0.4) is 0 Å². The van der Waals surface area contributed by atoms with Gasteiger partial charge in [-0.05, 0) is 61.5 Å². The minimum absolute atomic E-state index is 0.128. The lowest BCUT2D eigenvalue weighted by Gasteiger charge is -2.23. The van der Waals surface area contributed by atoms with E-state index in [0.29, 0.717) is 37.3 Å². The Balaban J connectivity index is 1.76. The Labute approximate surface area is 181 Å². The average Bonchev–Trinajstić information content (AvgIpc) is 2.93. The molecule has 4 atom stereocenters. The first-order valence-corrected chi connectivity index (χ1v) is 10.5. The van der Waals surface area contributed by atoms with Crippen LogP contribution >= 0.6 is 23.8 Å². The van der Waals surface area contributed by atoms with Crippen molar-refractivity contribution in [2.75, 3.05) is 6.61 Å². The highest BCUT2D eigenvalue weighted by Crippen LogP contribution is 2.35. The Morgan fingerprint density at radius 3 is 2.76 bits per heavy atom. The van der Waals surface area contributed by atoms with Gasteiger partial charge < -0.3 is 25.4 Å². The van der Waals surface area contributed by atoms with E-state index < -0.39 is 18.2 Å². The molecule has 4 N–H and O–H groups in total. The zero-order chi connectivity index (χ0) is 21.2. The molecule has 0 heterocycles. The molecule has 1 aliphatic rings. The van der Waals surface area contributed by atoms with Crippen LogP contribution in [-0.2, 0) is 16.1 Å². The van der Waals surface area contributed by atoms with Gasteiger partial charge in [0, 0.05) is 23.9 Å². The maximum atomic E-state index is 10.5. The number of halogens is 1. The summed E-state index contributed by atoms with van der Waals surface area (Å²) in [6.07, 6.45) is 4.94. The van der Waals surface area contributed by atoms with Crippen LogP contribution in [0.2, 0.25) is 5.02 Å². The van der Waals surface area contributed by atoms with Gasteiger partial charge in [-0.25, -0.2) is 0 Å². The third-order valence-corrected chi connectivity index (χ3v) is 5.59. The fourth-order valence-corrected chi connectivity index (χ4v) is 3.87. The summed E-state index contributed by atoms with van der Waals surface area (Å²) in [7, 11) is 0. The summed E-state index contributed by atoms with van der Waals surface area (Å²) in [5.41, 5.74) is 0.977. The number of carbonyl (C=O) groups is 1. The van der Waals surface area contributed by atoms with Crippen LogP contribution in [0.25, 0.3) is 0 Å². The van der Waals surface area contributed by atoms with Crippen molar-refractivity contribution < 1.29 is 24.9 Å². The predicted octanol–water partition coefficient (Wildman–Crippen LogP) is 3.29. The molecule has 160 valence electrons. The largest absolute Gasteiger partial charge is 0.481 e. The van der Waals surface area contributed by atoms with Gasteiger partial charge in [-0.3, -0.25) is 4.79 Å². The first-order valence-electron chi connectivity index (χ1n) is 9.74. The lowest BCUT2D eigenvalue weighted by molar-refractivity contribution is -0.137. The Morgan fingerprint density at radius 2 is 2.03 bits per heavy atom. The number of rotatable bonds is 10. The topological polar surface area (TPSA) is 99.0 Å². The summed E-state index contributed by atoms with van der Waals surface area (Å²) in [6.45, 7) is 0.703. The van der Waals surface area contributed by atoms with Crippen molar-refractivity contribution in [3.8, 4) is 0 Å². The van der Waals surface area contributed by atoms with Crippen LogP contribution in [0.1, 0.15) is 37.7 Å². The van der Waals surface area contributed by atoms with Crippen LogP contribution in [0, 0.1) is 11.8 Å². The van der Waals surface area contributed by atoms with E-state index in [4.69, 9.17) is 33.7 Å². The van der Waals surface area contributed by atoms with Crippen molar-refractivity contribution in [2.24, 2.45) is 11.8 Å². The fraction of sp³-hybridized carbons (Fsp3) is 0.524. The molecule has 1 aromatic rings. The maximum Gasteiger partial charge on any atom is 0.303 e. The summed E-state index contributed by atoms with van der Waals surface area (Å²) in [5.74, 6) is -1.15. The summed E-state index contributed by atoms with van der Waals surface area (Å²) >= 11 is 11.2. The van der Waals surface area contributed by atoms with Gasteiger partial charge in [0.15, 0.2) is 0 Å². The SMILES string of the molecule is O=C(O)CCC/C=C\C[C@H]1C(O)CC(O)[C@@H]1COC(=S)NCc1cccc(Cl)c1. The molecule has 0 saturated heterocycles. The van der Waals surface area contributed by atoms with Crippen molar-refractivity contribution in [3.63, 3.8) is 0 Å². The van der Waals surface area contributed by atoms with Crippen LogP contribution in [-0.4, -0.2) is 45.3 Å². The number of unbranched alkanes of at least 4 members (excludes halogenated alkanes) is 1. The Morgan fingerprint density at radius 1 is 1.28 bits per heavy atom. The fourth-order valence-electron chi connectivity index (χ4n) is 3.52. The van der Waals surface area contributed by atoms with E-state index in [1.165, 1.54) is 0 Å². The molecule has 1 aromatic carbocycles. The molecular weight excluding hydrogens is 414 g/mol. The number of nitrogens with one attached hydrogen (secondary N) is 1. The van der Waals surface area contributed by atoms with E-state index in [-0.39, 0.29) is 30.0 Å². The van der Waals surface area contributed by atoms with E-state index in [0.717, 1.165) is 5.56 Å². The van der Waals surface area contributed by atoms with Gasteiger partial charge >= 0.3 is 5.97 Å². The number of carboxylic acids is 1. The summed E-state index contributed by atoms with van der Waals surface area (Å²) in [6, 6.07) is 7.43. The molecule has 1 fully saturated rings. The van der Waals surface area contributed by atoms with Gasteiger partial charge in [0.1, 0.15) is 0 Å². The molecule has 2 unspecified atom stereocenters. The van der Waals surface area contributed by atoms with E-state index in [9.17, 15) is 15.0 Å². The van der Waals surface area contributed by atoms with E-state index >= 15 is 0 Å². The van der Waals surface area contributed by atoms with Gasteiger partial charge in [-0.1, -0.05) is 35.9 Å². The quantitative estimate of drug-likeness (QED) is 0.251. The maximum absolute atomic E-state index is 10.5. The third-order valence-electron chi connectivity index (χ3n) is 5.09. The Bertz CT molecular complexity index is 714. The highest BCUT2D eigenvalue weighted by atomic mass is 35.5. The second-order valence-electron chi connectivity index (χ2n) is 7.27. The summed E-state index contributed by atoms with van der Waals surface area (Å²) in [4.78, 5) is 10.5. The minimum atomic E-state index is -0.801. The molecule has 8 heteroatoms. The lowest BCUT2D eigenvalue weighted by Crippen LogP contribution is -2.31. The molecule has 0 radical (unpaired) electrons. The lowest BCUT2D eigenvalue weighted by atomic mass is 9.91. The molecule has 0 aromatic heterocycles. The normalized spacial score (nSPS) is 24.0. The molecule has 0 aliphatic heterocycles. The number of aliphatic hydroxyl groups excluding tert-OH is 2. The Kier molecular flexibility index (Phi) is 9.87. The van der Waals surface area contributed by atoms with Gasteiger partial charge in [-0.2, -0.15) is 0 Å². The highest BCUT2D eigenvalue weighted by molar-refractivity contribution is 7.80. The number of hydrogen-bond donors (Lipinski definition) is 4. The molecular formula is C21H28ClNO5S. The smallest absolute Gasteiger partial charge is 0.303 e. The summed E-state index contributed by atoms with van der Waals surface area (Å²) < 4.78 is 5.63. The molecule has 0 amide bonds. The van der Waals surface area contributed by atoms with Crippen molar-refractivity contribution >= 4 is 35.0 Å². The number of ether oxygens (including phenoxy) is 1. The molecule has 6 nitrogen and oxygen atoms in total. The zero-order valence-electron chi connectivity index (χ0n) is 16.2. The van der Waals surface area contributed by atoms with Crippen molar-refractivity contribution in [1.82, 2.24) is 5.32 Å². The van der Waals surface area contributed by atoms with Crippen molar-refractivity contribution in [3.05, 3.63) is 47.0 Å². The second-order valence-corrected chi connectivity index (χ2v) is 8.08. The monoisotopic (exact) mass is 441 g/mol. The van der Waals surface area contributed by atoms with Gasteiger partial charge in [-0.15, -0.1) is 0 Å². The molecule has 0 bridgehead atoms. The number of benzene rings is 1. The van der Waals surface area contributed by atoms with E-state index in [2.05, 4.69) is 5.32 Å². The standard InChI is InChI=1S/C21H28ClNO5S/c22-15-7-5-6-14(10-15)12-23-21(29)28-13-17-16(18(24)11-19(17)25)8-3-1-2-4-9-20(26)27/h1,3,5-7,10,16-19,24-25H,2,4,8-9,11-13H2,(H,23,29)(H,26,27)/b3-1-/t16-,17-,18?,19?/m1/s1. The van der Waals surface area contributed by atoms with E-state index in [1.54, 1.807) is 6.07 Å². The third kappa shape index (κ3) is 8.30. The first-order chi connectivity index (χ1) is 13.9. The number of hydrogen-bond acceptors (Lipinski definition) is 5. The molecule has 0 spiro atoms. The van der Waals surface area contributed by atoms with Crippen LogP contribution < -0.4 is 5.32 Å². The van der Waals surface area contributed by atoms with Crippen LogP contribution in [0.4, 0.5) is 0 Å². The predicted molar refractivity (Wildman–Crippen MR) is 116 cm³/mol. The van der Waals surface area contributed by atoms with Gasteiger partial charge in [0.2, 0.25) is 0 Å². The molecule has 1 aliphatic carbocycles. The number of aliphatic hydroxyl groups is 2. The first kappa shape index (κ1) is 23.6. The zero-order valence-corrected chi connectivity index (χ0v) is 17.7. The minimum Gasteiger partial charge on any atom is -0.481 e. The second kappa shape index (κ2) is 12.1. The van der Waals surface area contributed by atoms with Gasteiger partial charge in [0.05, 0.1) is 18.8 Å².